The number of halogens is 4. The lowest BCUT2D eigenvalue weighted by Crippen LogP contribution is -2.47. The van der Waals surface area contributed by atoms with E-state index < -0.39 is 17.8 Å². The number of urea groups is 1. The summed E-state index contributed by atoms with van der Waals surface area (Å²) in [5, 5.41) is 2.47. The molecular formula is C13H15ClF3N3O. The van der Waals surface area contributed by atoms with E-state index in [4.69, 9.17) is 17.3 Å². The molecular weight excluding hydrogens is 307 g/mol. The van der Waals surface area contributed by atoms with Gasteiger partial charge in [-0.1, -0.05) is 11.6 Å². The van der Waals surface area contributed by atoms with E-state index in [1.165, 1.54) is 4.90 Å². The van der Waals surface area contributed by atoms with E-state index in [2.05, 4.69) is 5.32 Å². The molecule has 1 aliphatic rings. The smallest absolute Gasteiger partial charge is 0.326 e. The Morgan fingerprint density at radius 1 is 1.43 bits per heavy atom. The molecule has 0 radical (unpaired) electrons. The Hall–Kier alpha value is -1.47. The second-order valence-corrected chi connectivity index (χ2v) is 5.38. The molecule has 1 fully saturated rings. The van der Waals surface area contributed by atoms with Crippen LogP contribution < -0.4 is 11.1 Å². The van der Waals surface area contributed by atoms with Crippen molar-refractivity contribution in [2.75, 3.05) is 18.4 Å². The Balaban J connectivity index is 2.13. The Morgan fingerprint density at radius 3 is 2.76 bits per heavy atom. The summed E-state index contributed by atoms with van der Waals surface area (Å²) in [7, 11) is 0. The van der Waals surface area contributed by atoms with Crippen LogP contribution in [0.15, 0.2) is 18.2 Å². The summed E-state index contributed by atoms with van der Waals surface area (Å²) in [6.07, 6.45) is -2.89. The predicted molar refractivity (Wildman–Crippen MR) is 74.3 cm³/mol. The number of hydrogen-bond acceptors (Lipinski definition) is 2. The average molecular weight is 322 g/mol. The second kappa shape index (κ2) is 6.11. The average Bonchev–Trinajstić information content (AvgIpc) is 2.40. The van der Waals surface area contributed by atoms with Gasteiger partial charge in [-0.25, -0.2) is 4.79 Å². The number of carbonyl (C=O) groups is 1. The van der Waals surface area contributed by atoms with Crippen molar-refractivity contribution in [2.24, 2.45) is 5.73 Å². The summed E-state index contributed by atoms with van der Waals surface area (Å²) in [5.74, 6) is 0. The number of hydrogen-bond donors (Lipinski definition) is 2. The lowest BCUT2D eigenvalue weighted by Gasteiger charge is -2.30. The highest BCUT2D eigenvalue weighted by atomic mass is 35.5. The van der Waals surface area contributed by atoms with Crippen LogP contribution in [0, 0.1) is 0 Å². The maximum absolute atomic E-state index is 12.7. The van der Waals surface area contributed by atoms with E-state index in [1.807, 2.05) is 0 Å². The van der Waals surface area contributed by atoms with Gasteiger partial charge < -0.3 is 16.0 Å². The number of likely N-dealkylation sites (tertiary alicyclic amines) is 1. The number of nitrogens with one attached hydrogen (secondary N) is 1. The van der Waals surface area contributed by atoms with Crippen LogP contribution in [0.5, 0.6) is 0 Å². The first-order chi connectivity index (χ1) is 9.77. The van der Waals surface area contributed by atoms with Crippen molar-refractivity contribution in [2.45, 2.75) is 25.1 Å². The first-order valence-electron chi connectivity index (χ1n) is 6.45. The SMILES string of the molecule is N[C@@H]1CCCN(C(=O)Nc2cc(C(F)(F)F)ccc2Cl)C1. The molecule has 2 rings (SSSR count). The fourth-order valence-corrected chi connectivity index (χ4v) is 2.35. The lowest BCUT2D eigenvalue weighted by molar-refractivity contribution is -0.137. The van der Waals surface area contributed by atoms with Crippen molar-refractivity contribution < 1.29 is 18.0 Å². The number of nitrogens with two attached hydrogens (primary N) is 1. The van der Waals surface area contributed by atoms with Gasteiger partial charge in [0.25, 0.3) is 0 Å². The molecule has 0 aromatic heterocycles. The molecule has 1 aromatic carbocycles. The zero-order valence-electron chi connectivity index (χ0n) is 11.1. The van der Waals surface area contributed by atoms with Crippen LogP contribution >= 0.6 is 11.6 Å². The standard InChI is InChI=1S/C13H15ClF3N3O/c14-10-4-3-8(13(15,16)17)6-11(10)19-12(21)20-5-1-2-9(18)7-20/h3-4,6,9H,1-2,5,7,18H2,(H,19,21)/t9-/m1/s1. The monoisotopic (exact) mass is 321 g/mol. The summed E-state index contributed by atoms with van der Waals surface area (Å²) >= 11 is 5.83. The minimum Gasteiger partial charge on any atom is -0.326 e. The first kappa shape index (κ1) is 15.9. The quantitative estimate of drug-likeness (QED) is 0.833. The summed E-state index contributed by atoms with van der Waals surface area (Å²) in [4.78, 5) is 13.5. The van der Waals surface area contributed by atoms with E-state index in [-0.39, 0.29) is 16.8 Å². The predicted octanol–water partition coefficient (Wildman–Crippen LogP) is 3.31. The van der Waals surface area contributed by atoms with Gasteiger partial charge in [0, 0.05) is 19.1 Å². The Labute approximate surface area is 125 Å². The largest absolute Gasteiger partial charge is 0.416 e. The molecule has 1 saturated heterocycles. The number of nitrogens with zero attached hydrogens (tertiary/aromatic N) is 1. The van der Waals surface area contributed by atoms with Crippen molar-refractivity contribution in [3.05, 3.63) is 28.8 Å². The zero-order chi connectivity index (χ0) is 15.6. The number of carbonyl (C=O) groups excluding carboxylic acids is 1. The number of anilines is 1. The molecule has 0 bridgehead atoms. The number of piperidine rings is 1. The summed E-state index contributed by atoms with van der Waals surface area (Å²) in [5.41, 5.74) is 4.85. The van der Waals surface area contributed by atoms with E-state index in [0.717, 1.165) is 31.0 Å². The molecule has 0 unspecified atom stereocenters. The van der Waals surface area contributed by atoms with Crippen LogP contribution in [-0.2, 0) is 6.18 Å². The summed E-state index contributed by atoms with van der Waals surface area (Å²) in [6, 6.07) is 2.20. The molecule has 1 atom stereocenters. The molecule has 4 nitrogen and oxygen atoms in total. The van der Waals surface area contributed by atoms with Crippen molar-refractivity contribution in [3.8, 4) is 0 Å². The van der Waals surface area contributed by atoms with Gasteiger partial charge in [-0.2, -0.15) is 13.2 Å². The van der Waals surface area contributed by atoms with E-state index in [1.54, 1.807) is 0 Å². The fourth-order valence-electron chi connectivity index (χ4n) is 2.19. The van der Waals surface area contributed by atoms with Gasteiger partial charge in [0.1, 0.15) is 0 Å². The molecule has 1 heterocycles. The van der Waals surface area contributed by atoms with Gasteiger partial charge in [-0.05, 0) is 31.0 Å². The Morgan fingerprint density at radius 2 is 2.14 bits per heavy atom. The van der Waals surface area contributed by atoms with Crippen LogP contribution in [0.3, 0.4) is 0 Å². The fraction of sp³-hybridized carbons (Fsp3) is 0.462. The molecule has 116 valence electrons. The molecule has 3 N–H and O–H groups in total. The summed E-state index contributed by atoms with van der Waals surface area (Å²) in [6.45, 7) is 0.901. The van der Waals surface area contributed by atoms with Crippen LogP contribution in [0.1, 0.15) is 18.4 Å². The van der Waals surface area contributed by atoms with Gasteiger partial charge in [-0.15, -0.1) is 0 Å². The van der Waals surface area contributed by atoms with E-state index >= 15 is 0 Å². The third kappa shape index (κ3) is 4.01. The third-order valence-corrected chi connectivity index (χ3v) is 3.61. The van der Waals surface area contributed by atoms with E-state index in [9.17, 15) is 18.0 Å². The first-order valence-corrected chi connectivity index (χ1v) is 6.83. The number of alkyl halides is 3. The van der Waals surface area contributed by atoms with Gasteiger partial charge in [0.15, 0.2) is 0 Å². The third-order valence-electron chi connectivity index (χ3n) is 3.28. The maximum Gasteiger partial charge on any atom is 0.416 e. The van der Waals surface area contributed by atoms with Crippen LogP contribution in [0.4, 0.5) is 23.7 Å². The van der Waals surface area contributed by atoms with Gasteiger partial charge in [0.05, 0.1) is 16.3 Å². The normalized spacial score (nSPS) is 19.5. The molecule has 0 saturated carbocycles. The zero-order valence-corrected chi connectivity index (χ0v) is 11.8. The van der Waals surface area contributed by atoms with Crippen LogP contribution in [0.2, 0.25) is 5.02 Å². The van der Waals surface area contributed by atoms with Crippen molar-refractivity contribution in [3.63, 3.8) is 0 Å². The topological polar surface area (TPSA) is 58.4 Å². The number of amides is 2. The summed E-state index contributed by atoms with van der Waals surface area (Å²) < 4.78 is 38.0. The van der Waals surface area contributed by atoms with Gasteiger partial charge in [-0.3, -0.25) is 0 Å². The number of benzene rings is 1. The molecule has 21 heavy (non-hydrogen) atoms. The van der Waals surface area contributed by atoms with E-state index in [0.29, 0.717) is 13.1 Å². The molecule has 0 spiro atoms. The Bertz CT molecular complexity index is 536. The Kier molecular flexibility index (Phi) is 4.63. The van der Waals surface area contributed by atoms with Crippen LogP contribution in [0.25, 0.3) is 0 Å². The van der Waals surface area contributed by atoms with Crippen molar-refractivity contribution in [1.82, 2.24) is 4.90 Å². The highest BCUT2D eigenvalue weighted by Gasteiger charge is 2.31. The lowest BCUT2D eigenvalue weighted by atomic mass is 10.1. The molecule has 0 aliphatic carbocycles. The number of rotatable bonds is 1. The minimum absolute atomic E-state index is 0.0534. The van der Waals surface area contributed by atoms with Gasteiger partial charge >= 0.3 is 12.2 Å². The van der Waals surface area contributed by atoms with Crippen molar-refractivity contribution in [1.29, 1.82) is 0 Å². The minimum atomic E-state index is -4.49. The van der Waals surface area contributed by atoms with Crippen LogP contribution in [-0.4, -0.2) is 30.1 Å². The molecule has 1 aliphatic heterocycles. The maximum atomic E-state index is 12.7. The second-order valence-electron chi connectivity index (χ2n) is 4.97. The molecule has 2 amide bonds. The molecule has 8 heteroatoms. The highest BCUT2D eigenvalue weighted by molar-refractivity contribution is 6.33. The highest BCUT2D eigenvalue weighted by Crippen LogP contribution is 2.33. The van der Waals surface area contributed by atoms with Gasteiger partial charge in [0.2, 0.25) is 0 Å². The molecule has 1 aromatic rings. The van der Waals surface area contributed by atoms with Crippen molar-refractivity contribution >= 4 is 23.3 Å².